The summed E-state index contributed by atoms with van der Waals surface area (Å²) in [6.45, 7) is 6.83. The highest BCUT2D eigenvalue weighted by Gasteiger charge is 2.30. The summed E-state index contributed by atoms with van der Waals surface area (Å²) < 4.78 is 5.86. The molecular weight excluding hydrogens is 328 g/mol. The summed E-state index contributed by atoms with van der Waals surface area (Å²) in [6.07, 6.45) is 7.11. The summed E-state index contributed by atoms with van der Waals surface area (Å²) in [4.78, 5) is 18.1. The van der Waals surface area contributed by atoms with Crippen LogP contribution in [0.1, 0.15) is 48.2 Å². The molecule has 0 aliphatic carbocycles. The van der Waals surface area contributed by atoms with Gasteiger partial charge in [-0.05, 0) is 36.6 Å². The minimum absolute atomic E-state index is 0.0658. The van der Waals surface area contributed by atoms with E-state index in [2.05, 4.69) is 18.8 Å². The summed E-state index contributed by atoms with van der Waals surface area (Å²) in [5, 5.41) is 12.5. The fourth-order valence-electron chi connectivity index (χ4n) is 3.33. The average molecular weight is 352 g/mol. The number of allylic oxidation sites excluding steroid dienone is 1. The Morgan fingerprint density at radius 2 is 1.96 bits per heavy atom. The number of fused-ring (bicyclic) bond motifs is 1. The number of hydrogen-bond donors (Lipinski definition) is 1. The molecule has 3 rings (SSSR count). The van der Waals surface area contributed by atoms with E-state index in [1.807, 2.05) is 6.07 Å². The Hall–Kier alpha value is -2.66. The monoisotopic (exact) mass is 352 g/mol. The number of quaternary nitrogens is 1. The van der Waals surface area contributed by atoms with Crippen molar-refractivity contribution < 1.29 is 19.5 Å². The number of ether oxygens (including phenoxy) is 1. The minimum atomic E-state index is -0.183. The number of rotatable bonds is 7. The Morgan fingerprint density at radius 3 is 2.62 bits per heavy atom. The van der Waals surface area contributed by atoms with Crippen molar-refractivity contribution in [2.24, 2.45) is 0 Å². The highest BCUT2D eigenvalue weighted by atomic mass is 16.5. The molecule has 5 nitrogen and oxygen atoms in total. The zero-order valence-corrected chi connectivity index (χ0v) is 15.2. The molecule has 136 valence electrons. The molecule has 1 N–H and O–H groups in total. The second-order valence-corrected chi connectivity index (χ2v) is 6.57. The van der Waals surface area contributed by atoms with Gasteiger partial charge >= 0.3 is 0 Å². The first-order chi connectivity index (χ1) is 12.6. The molecule has 0 spiro atoms. The fraction of sp³-hybridized carbons (Fsp3) is 0.333. The van der Waals surface area contributed by atoms with Gasteiger partial charge in [0, 0.05) is 18.0 Å². The van der Waals surface area contributed by atoms with Crippen molar-refractivity contribution in [3.63, 3.8) is 0 Å². The van der Waals surface area contributed by atoms with E-state index < -0.39 is 0 Å². The highest BCUT2D eigenvalue weighted by Crippen LogP contribution is 2.38. The van der Waals surface area contributed by atoms with Crippen LogP contribution in [-0.4, -0.2) is 23.9 Å². The summed E-state index contributed by atoms with van der Waals surface area (Å²) in [6, 6.07) is 6.72. The number of nitrogens with zero attached hydrogens (tertiary/aromatic N) is 1. The maximum Gasteiger partial charge on any atom is 0.231 e. The van der Waals surface area contributed by atoms with Gasteiger partial charge in [0.25, 0.3) is 0 Å². The molecule has 0 saturated heterocycles. The molecule has 1 aliphatic rings. The second kappa shape index (κ2) is 8.15. The van der Waals surface area contributed by atoms with Crippen LogP contribution >= 0.6 is 0 Å². The molecule has 0 amide bonds. The molecule has 0 unspecified atom stereocenters. The normalized spacial score (nSPS) is 14.7. The van der Waals surface area contributed by atoms with E-state index in [1.165, 1.54) is 11.0 Å². The molecule has 1 aromatic carbocycles. The van der Waals surface area contributed by atoms with Crippen LogP contribution in [0, 0.1) is 0 Å². The minimum Gasteiger partial charge on any atom is -0.872 e. The standard InChI is InChI=1S/C21H24N2O3/c1-3-10-23(11-4-2)14-17-18(24)8-7-16-20(25)19(26-21(16)17)12-15-6-5-9-22-13-15/h5-9,12-13,24H,3-4,10-11,14H2,1-2H3/b19-12-. The van der Waals surface area contributed by atoms with E-state index in [0.29, 0.717) is 23.4 Å². The molecule has 0 bridgehead atoms. The van der Waals surface area contributed by atoms with Crippen molar-refractivity contribution in [1.29, 1.82) is 0 Å². The molecule has 0 saturated carbocycles. The number of aromatic nitrogens is 1. The summed E-state index contributed by atoms with van der Waals surface area (Å²) in [5.74, 6) is 0.427. The third kappa shape index (κ3) is 3.78. The quantitative estimate of drug-likeness (QED) is 0.774. The zero-order chi connectivity index (χ0) is 18.5. The Morgan fingerprint density at radius 1 is 1.19 bits per heavy atom. The summed E-state index contributed by atoms with van der Waals surface area (Å²) in [5.41, 5.74) is 1.86. The van der Waals surface area contributed by atoms with Crippen molar-refractivity contribution in [3.8, 4) is 11.5 Å². The van der Waals surface area contributed by atoms with Crippen molar-refractivity contribution in [2.45, 2.75) is 33.2 Å². The Bertz CT molecular complexity index is 810. The summed E-state index contributed by atoms with van der Waals surface area (Å²) in [7, 11) is 0. The predicted molar refractivity (Wildman–Crippen MR) is 98.0 cm³/mol. The maximum atomic E-state index is 12.7. The van der Waals surface area contributed by atoms with Gasteiger partial charge < -0.3 is 14.7 Å². The number of pyridine rings is 1. The lowest BCUT2D eigenvalue weighted by Gasteiger charge is -2.23. The molecule has 5 heteroatoms. The first-order valence-electron chi connectivity index (χ1n) is 9.14. The smallest absolute Gasteiger partial charge is 0.231 e. The van der Waals surface area contributed by atoms with E-state index in [0.717, 1.165) is 31.5 Å². The van der Waals surface area contributed by atoms with Crippen LogP contribution < -0.4 is 14.7 Å². The van der Waals surface area contributed by atoms with Gasteiger partial charge in [0.1, 0.15) is 12.3 Å². The third-order valence-corrected chi connectivity index (χ3v) is 4.51. The molecule has 1 aliphatic heterocycles. The molecule has 26 heavy (non-hydrogen) atoms. The Balaban J connectivity index is 1.93. The number of nitrogens with one attached hydrogen (secondary N) is 1. The van der Waals surface area contributed by atoms with Crippen molar-refractivity contribution in [2.75, 3.05) is 13.1 Å². The number of ketones is 1. The van der Waals surface area contributed by atoms with Gasteiger partial charge in [-0.2, -0.15) is 0 Å². The molecular formula is C21H24N2O3. The predicted octanol–water partition coefficient (Wildman–Crippen LogP) is 1.98. The van der Waals surface area contributed by atoms with E-state index in [4.69, 9.17) is 4.74 Å². The van der Waals surface area contributed by atoms with Crippen LogP contribution in [0.25, 0.3) is 6.08 Å². The SMILES string of the molecule is CCC[NH+](CCC)Cc1c([O-])ccc2c1O/C(=C\c1cccnc1)C2=O. The highest BCUT2D eigenvalue weighted by molar-refractivity contribution is 6.14. The number of Topliss-reactive ketones (excluding diaryl/α,β-unsaturated/α-hetero) is 1. The van der Waals surface area contributed by atoms with E-state index >= 15 is 0 Å². The van der Waals surface area contributed by atoms with Crippen LogP contribution in [0.3, 0.4) is 0 Å². The lowest BCUT2D eigenvalue weighted by molar-refractivity contribution is -0.914. The topological polar surface area (TPSA) is 66.7 Å². The number of carbonyl (C=O) groups excluding carboxylic acids is 1. The molecule has 2 heterocycles. The number of benzene rings is 1. The largest absolute Gasteiger partial charge is 0.872 e. The number of hydrogen-bond acceptors (Lipinski definition) is 4. The molecule has 1 aromatic heterocycles. The lowest BCUT2D eigenvalue weighted by atomic mass is 10.0. The van der Waals surface area contributed by atoms with Gasteiger partial charge in [0.15, 0.2) is 5.76 Å². The number of carbonyl (C=O) groups is 1. The van der Waals surface area contributed by atoms with Crippen molar-refractivity contribution in [3.05, 3.63) is 59.1 Å². The molecule has 0 radical (unpaired) electrons. The van der Waals surface area contributed by atoms with Gasteiger partial charge in [0.05, 0.1) is 18.7 Å². The van der Waals surface area contributed by atoms with Crippen molar-refractivity contribution in [1.82, 2.24) is 4.98 Å². The van der Waals surface area contributed by atoms with Gasteiger partial charge in [-0.3, -0.25) is 9.78 Å². The Kier molecular flexibility index (Phi) is 5.68. The maximum absolute atomic E-state index is 12.7. The second-order valence-electron chi connectivity index (χ2n) is 6.57. The lowest BCUT2D eigenvalue weighted by Crippen LogP contribution is -3.10. The van der Waals surface area contributed by atoms with Gasteiger partial charge in [-0.25, -0.2) is 0 Å². The van der Waals surface area contributed by atoms with Crippen LogP contribution in [-0.2, 0) is 6.54 Å². The van der Waals surface area contributed by atoms with Gasteiger partial charge in [-0.15, -0.1) is 0 Å². The van der Waals surface area contributed by atoms with E-state index in [1.54, 1.807) is 30.6 Å². The van der Waals surface area contributed by atoms with Crippen LogP contribution in [0.15, 0.2) is 42.4 Å². The zero-order valence-electron chi connectivity index (χ0n) is 15.2. The van der Waals surface area contributed by atoms with E-state index in [-0.39, 0.29) is 17.3 Å². The molecule has 2 aromatic rings. The first kappa shape index (κ1) is 18.1. The van der Waals surface area contributed by atoms with Gasteiger partial charge in [0.2, 0.25) is 5.78 Å². The summed E-state index contributed by atoms with van der Waals surface area (Å²) >= 11 is 0. The Labute approximate surface area is 153 Å². The first-order valence-corrected chi connectivity index (χ1v) is 9.14. The fourth-order valence-corrected chi connectivity index (χ4v) is 3.33. The molecule has 0 fully saturated rings. The molecule has 0 atom stereocenters. The van der Waals surface area contributed by atoms with Crippen LogP contribution in [0.2, 0.25) is 0 Å². The van der Waals surface area contributed by atoms with E-state index in [9.17, 15) is 9.90 Å². The van der Waals surface area contributed by atoms with Crippen LogP contribution in [0.4, 0.5) is 0 Å². The van der Waals surface area contributed by atoms with Crippen LogP contribution in [0.5, 0.6) is 11.5 Å². The average Bonchev–Trinajstić information content (AvgIpc) is 2.95. The van der Waals surface area contributed by atoms with Crippen molar-refractivity contribution >= 4 is 11.9 Å². The van der Waals surface area contributed by atoms with Gasteiger partial charge in [-0.1, -0.05) is 31.7 Å². The third-order valence-electron chi connectivity index (χ3n) is 4.51.